The van der Waals surface area contributed by atoms with Gasteiger partial charge in [0, 0.05) is 5.56 Å². The van der Waals surface area contributed by atoms with E-state index in [0.29, 0.717) is 6.04 Å². The van der Waals surface area contributed by atoms with Crippen LogP contribution in [0.25, 0.3) is 0 Å². The Balaban J connectivity index is 2.72. The predicted octanol–water partition coefficient (Wildman–Crippen LogP) is 1.67. The molecule has 0 amide bonds. The smallest absolute Gasteiger partial charge is 0.110 e. The van der Waals surface area contributed by atoms with Crippen molar-refractivity contribution < 1.29 is 4.90 Å². The first kappa shape index (κ1) is 10.3. The van der Waals surface area contributed by atoms with Gasteiger partial charge in [0.2, 0.25) is 0 Å². The highest BCUT2D eigenvalue weighted by Gasteiger charge is 2.14. The van der Waals surface area contributed by atoms with Gasteiger partial charge in [-0.2, -0.15) is 0 Å². The summed E-state index contributed by atoms with van der Waals surface area (Å²) < 4.78 is 0. The normalized spacial score (nSPS) is 13.2. The first-order valence-electron chi connectivity index (χ1n) is 5.19. The van der Waals surface area contributed by atoms with Crippen molar-refractivity contribution in [3.63, 3.8) is 0 Å². The number of hydrogen-bond acceptors (Lipinski definition) is 0. The lowest BCUT2D eigenvalue weighted by atomic mass is 10.1. The first-order chi connectivity index (χ1) is 6.29. The quantitative estimate of drug-likeness (QED) is 0.715. The number of quaternary nitrogens is 1. The van der Waals surface area contributed by atoms with Crippen LogP contribution in [0.1, 0.15) is 32.4 Å². The number of rotatable bonds is 4. The van der Waals surface area contributed by atoms with Gasteiger partial charge in [0.15, 0.2) is 0 Å². The van der Waals surface area contributed by atoms with Gasteiger partial charge >= 0.3 is 0 Å². The maximum Gasteiger partial charge on any atom is 0.110 e. The van der Waals surface area contributed by atoms with Crippen molar-refractivity contribution >= 4 is 0 Å². The SMILES string of the molecule is CC[NH+](CC)C(C)c1ccccc1. The van der Waals surface area contributed by atoms with Crippen molar-refractivity contribution in [3.05, 3.63) is 35.9 Å². The Hall–Kier alpha value is -0.820. The topological polar surface area (TPSA) is 4.44 Å². The van der Waals surface area contributed by atoms with Gasteiger partial charge in [-0.3, -0.25) is 0 Å². The van der Waals surface area contributed by atoms with Crippen LogP contribution in [-0.4, -0.2) is 13.1 Å². The third-order valence-electron chi connectivity index (χ3n) is 2.82. The van der Waals surface area contributed by atoms with E-state index in [-0.39, 0.29) is 0 Å². The molecule has 0 radical (unpaired) electrons. The molecule has 1 nitrogen and oxygen atoms in total. The zero-order valence-electron chi connectivity index (χ0n) is 8.88. The Labute approximate surface area is 81.4 Å². The molecular weight excluding hydrogens is 158 g/mol. The monoisotopic (exact) mass is 178 g/mol. The Morgan fingerprint density at radius 1 is 1.08 bits per heavy atom. The van der Waals surface area contributed by atoms with Gasteiger partial charge in [0.05, 0.1) is 13.1 Å². The molecule has 0 aliphatic rings. The van der Waals surface area contributed by atoms with Crippen LogP contribution < -0.4 is 4.90 Å². The van der Waals surface area contributed by atoms with Crippen LogP contribution in [0.5, 0.6) is 0 Å². The molecular formula is C12H20N+. The second-order valence-electron chi connectivity index (χ2n) is 3.50. The van der Waals surface area contributed by atoms with Gasteiger partial charge in [-0.05, 0) is 20.8 Å². The molecule has 1 N–H and O–H groups in total. The van der Waals surface area contributed by atoms with E-state index in [1.807, 2.05) is 0 Å². The highest BCUT2D eigenvalue weighted by Crippen LogP contribution is 2.07. The van der Waals surface area contributed by atoms with Crippen molar-refractivity contribution in [3.8, 4) is 0 Å². The summed E-state index contributed by atoms with van der Waals surface area (Å²) in [5, 5.41) is 0. The summed E-state index contributed by atoms with van der Waals surface area (Å²) in [5.41, 5.74) is 1.45. The summed E-state index contributed by atoms with van der Waals surface area (Å²) in [6, 6.07) is 11.4. The Morgan fingerprint density at radius 2 is 1.62 bits per heavy atom. The van der Waals surface area contributed by atoms with Crippen molar-refractivity contribution in [2.24, 2.45) is 0 Å². The molecule has 0 bridgehead atoms. The molecule has 0 heterocycles. The summed E-state index contributed by atoms with van der Waals surface area (Å²) in [7, 11) is 0. The lowest BCUT2D eigenvalue weighted by Crippen LogP contribution is -3.11. The highest BCUT2D eigenvalue weighted by atomic mass is 15.1. The molecule has 1 atom stereocenters. The Kier molecular flexibility index (Phi) is 3.97. The highest BCUT2D eigenvalue weighted by molar-refractivity contribution is 5.16. The maximum atomic E-state index is 2.30. The van der Waals surface area contributed by atoms with E-state index < -0.39 is 0 Å². The van der Waals surface area contributed by atoms with E-state index in [1.165, 1.54) is 18.7 Å². The van der Waals surface area contributed by atoms with Crippen LogP contribution in [0.2, 0.25) is 0 Å². The van der Waals surface area contributed by atoms with Gasteiger partial charge < -0.3 is 4.90 Å². The average molecular weight is 178 g/mol. The molecule has 0 spiro atoms. The van der Waals surface area contributed by atoms with Crippen molar-refractivity contribution in [1.29, 1.82) is 0 Å². The fraction of sp³-hybridized carbons (Fsp3) is 0.500. The van der Waals surface area contributed by atoms with Crippen LogP contribution in [0.15, 0.2) is 30.3 Å². The minimum atomic E-state index is 0.621. The van der Waals surface area contributed by atoms with E-state index in [4.69, 9.17) is 0 Å². The minimum absolute atomic E-state index is 0.621. The maximum absolute atomic E-state index is 2.30. The average Bonchev–Trinajstić information content (AvgIpc) is 2.21. The molecule has 0 fully saturated rings. The molecule has 1 aromatic rings. The molecule has 1 unspecified atom stereocenters. The van der Waals surface area contributed by atoms with Crippen LogP contribution in [-0.2, 0) is 0 Å². The molecule has 1 rings (SSSR count). The molecule has 0 aromatic heterocycles. The fourth-order valence-corrected chi connectivity index (χ4v) is 1.84. The largest absolute Gasteiger partial charge is 0.329 e. The van der Waals surface area contributed by atoms with Crippen LogP contribution in [0, 0.1) is 0 Å². The van der Waals surface area contributed by atoms with E-state index in [2.05, 4.69) is 51.1 Å². The van der Waals surface area contributed by atoms with Crippen LogP contribution in [0.3, 0.4) is 0 Å². The third kappa shape index (κ3) is 2.56. The van der Waals surface area contributed by atoms with Crippen LogP contribution >= 0.6 is 0 Å². The van der Waals surface area contributed by atoms with E-state index in [1.54, 1.807) is 4.90 Å². The number of benzene rings is 1. The standard InChI is InChI=1S/C12H19N/c1-4-13(5-2)11(3)12-9-7-6-8-10-12/h6-11H,4-5H2,1-3H3/p+1. The predicted molar refractivity (Wildman–Crippen MR) is 56.9 cm³/mol. The molecule has 0 aliphatic heterocycles. The number of nitrogens with one attached hydrogen (secondary N) is 1. The third-order valence-corrected chi connectivity index (χ3v) is 2.82. The summed E-state index contributed by atoms with van der Waals surface area (Å²) in [5.74, 6) is 0. The van der Waals surface area contributed by atoms with E-state index in [0.717, 1.165) is 0 Å². The summed E-state index contributed by atoms with van der Waals surface area (Å²) in [6.45, 7) is 9.20. The molecule has 0 aliphatic carbocycles. The van der Waals surface area contributed by atoms with E-state index >= 15 is 0 Å². The van der Waals surface area contributed by atoms with Gasteiger partial charge in [-0.1, -0.05) is 30.3 Å². The molecule has 0 saturated heterocycles. The fourth-order valence-electron chi connectivity index (χ4n) is 1.84. The Bertz CT molecular complexity index is 226. The molecule has 1 aromatic carbocycles. The van der Waals surface area contributed by atoms with Crippen LogP contribution in [0.4, 0.5) is 0 Å². The number of hydrogen-bond donors (Lipinski definition) is 1. The summed E-state index contributed by atoms with van der Waals surface area (Å²) in [4.78, 5) is 1.64. The lowest BCUT2D eigenvalue weighted by Gasteiger charge is -2.23. The zero-order chi connectivity index (χ0) is 9.68. The molecule has 13 heavy (non-hydrogen) atoms. The second-order valence-corrected chi connectivity index (χ2v) is 3.50. The summed E-state index contributed by atoms with van der Waals surface area (Å²) in [6.07, 6.45) is 0. The zero-order valence-corrected chi connectivity index (χ0v) is 8.88. The second kappa shape index (κ2) is 5.03. The Morgan fingerprint density at radius 3 is 2.08 bits per heavy atom. The van der Waals surface area contributed by atoms with Crippen molar-refractivity contribution in [2.75, 3.05) is 13.1 Å². The van der Waals surface area contributed by atoms with Crippen molar-refractivity contribution in [1.82, 2.24) is 0 Å². The summed E-state index contributed by atoms with van der Waals surface area (Å²) >= 11 is 0. The molecule has 1 heteroatoms. The minimum Gasteiger partial charge on any atom is -0.329 e. The van der Waals surface area contributed by atoms with Gasteiger partial charge in [-0.15, -0.1) is 0 Å². The lowest BCUT2D eigenvalue weighted by molar-refractivity contribution is -0.926. The molecule has 0 saturated carbocycles. The van der Waals surface area contributed by atoms with Gasteiger partial charge in [0.25, 0.3) is 0 Å². The van der Waals surface area contributed by atoms with E-state index in [9.17, 15) is 0 Å². The molecule has 72 valence electrons. The van der Waals surface area contributed by atoms with Gasteiger partial charge in [0.1, 0.15) is 6.04 Å². The first-order valence-corrected chi connectivity index (χ1v) is 5.19. The van der Waals surface area contributed by atoms with Crippen molar-refractivity contribution in [2.45, 2.75) is 26.8 Å². The van der Waals surface area contributed by atoms with Gasteiger partial charge in [-0.25, -0.2) is 0 Å².